The number of hydrogen-bond donors (Lipinski definition) is 1. The predicted molar refractivity (Wildman–Crippen MR) is 85.5 cm³/mol. The minimum atomic E-state index is -0.116. The quantitative estimate of drug-likeness (QED) is 0.922. The van der Waals surface area contributed by atoms with Gasteiger partial charge in [-0.15, -0.1) is 11.3 Å². The van der Waals surface area contributed by atoms with E-state index in [2.05, 4.69) is 41.5 Å². The molecule has 1 aromatic carbocycles. The lowest BCUT2D eigenvalue weighted by Crippen LogP contribution is -2.29. The van der Waals surface area contributed by atoms with Gasteiger partial charge in [0.25, 0.3) is 0 Å². The molecule has 21 heavy (non-hydrogen) atoms. The number of thiazole rings is 1. The number of rotatable bonds is 5. The van der Waals surface area contributed by atoms with E-state index >= 15 is 0 Å². The van der Waals surface area contributed by atoms with E-state index in [1.54, 1.807) is 11.3 Å². The van der Waals surface area contributed by atoms with Crippen molar-refractivity contribution in [3.05, 3.63) is 40.4 Å². The fraction of sp³-hybridized carbons (Fsp3) is 0.375. The summed E-state index contributed by atoms with van der Waals surface area (Å²) in [4.78, 5) is 17.3. The van der Waals surface area contributed by atoms with Gasteiger partial charge in [-0.25, -0.2) is 4.98 Å². The summed E-state index contributed by atoms with van der Waals surface area (Å²) in [5.74, 6) is -0.116. The molecule has 0 saturated carbocycles. The van der Waals surface area contributed by atoms with E-state index in [9.17, 15) is 4.79 Å². The molecular formula is C16H20N2O2S. The molecule has 112 valence electrons. The molecule has 0 aliphatic rings. The number of nitrogens with one attached hydrogen (secondary N) is 1. The molecule has 0 saturated heterocycles. The number of aryl methyl sites for hydroxylation is 2. The number of nitrogens with zero attached hydrogens (tertiary/aromatic N) is 1. The lowest BCUT2D eigenvalue weighted by molar-refractivity contribution is -0.125. The topological polar surface area (TPSA) is 51.2 Å². The average Bonchev–Trinajstić information content (AvgIpc) is 2.82. The van der Waals surface area contributed by atoms with Gasteiger partial charge < -0.3 is 10.1 Å². The van der Waals surface area contributed by atoms with Crippen LogP contribution in [0.5, 0.6) is 0 Å². The molecular weight excluding hydrogens is 284 g/mol. The number of carbonyl (C=O) groups excluding carboxylic acids is 1. The molecule has 2 rings (SSSR count). The Bertz CT molecular complexity index is 620. The number of carbonyl (C=O) groups is 1. The zero-order valence-electron chi connectivity index (χ0n) is 12.8. The van der Waals surface area contributed by atoms with Gasteiger partial charge in [-0.3, -0.25) is 4.79 Å². The van der Waals surface area contributed by atoms with Crippen molar-refractivity contribution in [3.63, 3.8) is 0 Å². The van der Waals surface area contributed by atoms with Crippen LogP contribution in [-0.4, -0.2) is 24.6 Å². The lowest BCUT2D eigenvalue weighted by Gasteiger charge is -2.12. The Morgan fingerprint density at radius 1 is 1.33 bits per heavy atom. The highest BCUT2D eigenvalue weighted by Crippen LogP contribution is 2.31. The summed E-state index contributed by atoms with van der Waals surface area (Å²) in [5.41, 5.74) is 3.30. The first-order chi connectivity index (χ1) is 10.0. The summed E-state index contributed by atoms with van der Waals surface area (Å²) in [6, 6.07) is 8.24. The van der Waals surface area contributed by atoms with Crippen molar-refractivity contribution in [1.82, 2.24) is 10.3 Å². The molecule has 0 fully saturated rings. The Morgan fingerprint density at radius 2 is 2.00 bits per heavy atom. The van der Waals surface area contributed by atoms with Crippen LogP contribution in [0.15, 0.2) is 24.3 Å². The molecule has 1 heterocycles. The number of aromatic nitrogens is 1. The van der Waals surface area contributed by atoms with Gasteiger partial charge in [-0.05, 0) is 20.8 Å². The van der Waals surface area contributed by atoms with Gasteiger partial charge in [0.1, 0.15) is 11.6 Å². The second-order valence-electron chi connectivity index (χ2n) is 5.06. The van der Waals surface area contributed by atoms with Crippen LogP contribution in [0.25, 0.3) is 10.6 Å². The van der Waals surface area contributed by atoms with Gasteiger partial charge in [-0.2, -0.15) is 0 Å². The van der Waals surface area contributed by atoms with E-state index in [0.29, 0.717) is 0 Å². The number of methoxy groups -OCH3 is 1. The summed E-state index contributed by atoms with van der Waals surface area (Å²) in [5, 5.41) is 3.90. The largest absolute Gasteiger partial charge is 0.375 e. The SMILES string of the molecule is COCC(=O)NC(C)c1sc(-c2ccc(C)cc2)nc1C. The summed E-state index contributed by atoms with van der Waals surface area (Å²) in [6.07, 6.45) is 0. The fourth-order valence-corrected chi connectivity index (χ4v) is 3.18. The third-order valence-corrected chi connectivity index (χ3v) is 4.57. The molecule has 5 heteroatoms. The van der Waals surface area contributed by atoms with Crippen LogP contribution >= 0.6 is 11.3 Å². The molecule has 2 aromatic rings. The van der Waals surface area contributed by atoms with Crippen LogP contribution in [0.3, 0.4) is 0 Å². The van der Waals surface area contributed by atoms with Crippen LogP contribution in [0.2, 0.25) is 0 Å². The summed E-state index contributed by atoms with van der Waals surface area (Å²) in [6.45, 7) is 6.08. The molecule has 0 aliphatic carbocycles. The third kappa shape index (κ3) is 3.89. The molecule has 0 radical (unpaired) electrons. The average molecular weight is 304 g/mol. The number of amides is 1. The van der Waals surface area contributed by atoms with Crippen LogP contribution in [-0.2, 0) is 9.53 Å². The van der Waals surface area contributed by atoms with Crippen molar-refractivity contribution >= 4 is 17.2 Å². The van der Waals surface area contributed by atoms with Crippen LogP contribution in [0, 0.1) is 13.8 Å². The first kappa shape index (κ1) is 15.7. The number of benzene rings is 1. The van der Waals surface area contributed by atoms with Gasteiger partial charge in [0, 0.05) is 12.7 Å². The Balaban J connectivity index is 2.18. The van der Waals surface area contributed by atoms with E-state index < -0.39 is 0 Å². The maximum Gasteiger partial charge on any atom is 0.246 e. The van der Waals surface area contributed by atoms with Crippen molar-refractivity contribution in [2.24, 2.45) is 0 Å². The molecule has 0 aliphatic heterocycles. The monoisotopic (exact) mass is 304 g/mol. The molecule has 1 N–H and O–H groups in total. The predicted octanol–water partition coefficient (Wildman–Crippen LogP) is 3.25. The van der Waals surface area contributed by atoms with E-state index in [1.165, 1.54) is 12.7 Å². The van der Waals surface area contributed by atoms with E-state index in [-0.39, 0.29) is 18.6 Å². The molecule has 1 aromatic heterocycles. The fourth-order valence-electron chi connectivity index (χ4n) is 2.11. The van der Waals surface area contributed by atoms with E-state index in [1.807, 2.05) is 13.8 Å². The third-order valence-electron chi connectivity index (χ3n) is 3.18. The molecule has 0 spiro atoms. The van der Waals surface area contributed by atoms with Crippen LogP contribution in [0.4, 0.5) is 0 Å². The van der Waals surface area contributed by atoms with Gasteiger partial charge in [0.2, 0.25) is 5.91 Å². The highest BCUT2D eigenvalue weighted by atomic mass is 32.1. The summed E-state index contributed by atoms with van der Waals surface area (Å²) < 4.78 is 4.83. The Hall–Kier alpha value is -1.72. The molecule has 4 nitrogen and oxygen atoms in total. The molecule has 0 bridgehead atoms. The van der Waals surface area contributed by atoms with Crippen molar-refractivity contribution in [3.8, 4) is 10.6 Å². The first-order valence-electron chi connectivity index (χ1n) is 6.84. The second-order valence-corrected chi connectivity index (χ2v) is 6.09. The molecule has 1 atom stereocenters. The first-order valence-corrected chi connectivity index (χ1v) is 7.65. The highest BCUT2D eigenvalue weighted by molar-refractivity contribution is 7.15. The smallest absolute Gasteiger partial charge is 0.246 e. The van der Waals surface area contributed by atoms with Crippen molar-refractivity contribution in [2.75, 3.05) is 13.7 Å². The molecule has 1 unspecified atom stereocenters. The van der Waals surface area contributed by atoms with Gasteiger partial charge in [-0.1, -0.05) is 29.8 Å². The Kier molecular flexibility index (Phi) is 5.09. The number of ether oxygens (including phenoxy) is 1. The maximum atomic E-state index is 11.6. The number of hydrogen-bond acceptors (Lipinski definition) is 4. The van der Waals surface area contributed by atoms with Crippen molar-refractivity contribution in [1.29, 1.82) is 0 Å². The van der Waals surface area contributed by atoms with Gasteiger partial charge in [0.05, 0.1) is 16.6 Å². The van der Waals surface area contributed by atoms with Crippen LogP contribution in [0.1, 0.15) is 29.1 Å². The normalized spacial score (nSPS) is 12.2. The van der Waals surface area contributed by atoms with Crippen molar-refractivity contribution in [2.45, 2.75) is 26.8 Å². The second kappa shape index (κ2) is 6.83. The van der Waals surface area contributed by atoms with Crippen molar-refractivity contribution < 1.29 is 9.53 Å². The van der Waals surface area contributed by atoms with Gasteiger partial charge in [0.15, 0.2) is 0 Å². The van der Waals surface area contributed by atoms with Crippen LogP contribution < -0.4 is 5.32 Å². The standard InChI is InChI=1S/C16H20N2O2S/c1-10-5-7-13(8-6-10)16-18-12(3)15(21-16)11(2)17-14(19)9-20-4/h5-8,11H,9H2,1-4H3,(H,17,19). The Morgan fingerprint density at radius 3 is 2.62 bits per heavy atom. The summed E-state index contributed by atoms with van der Waals surface area (Å²) in [7, 11) is 1.51. The zero-order valence-corrected chi connectivity index (χ0v) is 13.6. The van der Waals surface area contributed by atoms with Gasteiger partial charge >= 0.3 is 0 Å². The minimum absolute atomic E-state index is 0.0654. The minimum Gasteiger partial charge on any atom is -0.375 e. The lowest BCUT2D eigenvalue weighted by atomic mass is 10.2. The highest BCUT2D eigenvalue weighted by Gasteiger charge is 2.17. The van der Waals surface area contributed by atoms with E-state index in [4.69, 9.17) is 4.74 Å². The summed E-state index contributed by atoms with van der Waals surface area (Å²) >= 11 is 1.62. The Labute approximate surface area is 129 Å². The maximum absolute atomic E-state index is 11.6. The zero-order chi connectivity index (χ0) is 15.4. The molecule has 1 amide bonds. The van der Waals surface area contributed by atoms with E-state index in [0.717, 1.165) is 21.1 Å².